The van der Waals surface area contributed by atoms with Crippen molar-refractivity contribution in [2.24, 2.45) is 0 Å². The molecular weight excluding hydrogens is 290 g/mol. The van der Waals surface area contributed by atoms with Crippen LogP contribution in [0.5, 0.6) is 0 Å². The number of ketones is 1. The minimum atomic E-state index is 0.133. The second-order valence-electron chi connectivity index (χ2n) is 5.55. The number of fused-ring (bicyclic) bond motifs is 1. The van der Waals surface area contributed by atoms with Crippen molar-refractivity contribution in [1.29, 1.82) is 0 Å². The van der Waals surface area contributed by atoms with Gasteiger partial charge in [-0.25, -0.2) is 0 Å². The van der Waals surface area contributed by atoms with Gasteiger partial charge in [-0.05, 0) is 36.6 Å². The largest absolute Gasteiger partial charge is 0.338 e. The van der Waals surface area contributed by atoms with Crippen LogP contribution in [0.3, 0.4) is 0 Å². The molecule has 1 aliphatic heterocycles. The predicted octanol–water partition coefficient (Wildman–Crippen LogP) is 3.12. The molecule has 3 nitrogen and oxygen atoms in total. The van der Waals surface area contributed by atoms with E-state index in [2.05, 4.69) is 6.07 Å². The Labute approximate surface area is 127 Å². The molecule has 20 heavy (non-hydrogen) atoms. The van der Waals surface area contributed by atoms with E-state index in [4.69, 9.17) is 0 Å². The zero-order valence-corrected chi connectivity index (χ0v) is 13.3. The van der Waals surface area contributed by atoms with Crippen LogP contribution >= 0.6 is 23.1 Å². The summed E-state index contributed by atoms with van der Waals surface area (Å²) < 4.78 is 0. The fourth-order valence-corrected chi connectivity index (χ4v) is 5.26. The van der Waals surface area contributed by atoms with Crippen LogP contribution in [0.25, 0.3) is 0 Å². The number of hydrogen-bond donors (Lipinski definition) is 0. The molecule has 3 rings (SSSR count). The van der Waals surface area contributed by atoms with Crippen molar-refractivity contribution in [2.45, 2.75) is 43.9 Å². The number of rotatable bonds is 2. The summed E-state index contributed by atoms with van der Waals surface area (Å²) >= 11 is 3.61. The van der Waals surface area contributed by atoms with Crippen molar-refractivity contribution in [1.82, 2.24) is 4.90 Å². The number of thiophene rings is 1. The first-order valence-corrected chi connectivity index (χ1v) is 9.10. The first kappa shape index (κ1) is 14.1. The molecular formula is C15H19NO2S2. The Balaban J connectivity index is 1.71. The van der Waals surface area contributed by atoms with Crippen LogP contribution in [0.4, 0.5) is 0 Å². The zero-order chi connectivity index (χ0) is 14.1. The van der Waals surface area contributed by atoms with E-state index >= 15 is 0 Å². The highest BCUT2D eigenvalue weighted by Crippen LogP contribution is 2.33. The summed E-state index contributed by atoms with van der Waals surface area (Å²) in [6.45, 7) is 0. The molecule has 1 aliphatic carbocycles. The number of Topliss-reactive ketones (excluding diaryl/α,β-unsaturated/α-hetero) is 1. The Kier molecular flexibility index (Phi) is 4.17. The standard InChI is InChI=1S/C15H19NO2S2/c1-16(11-2-4-12(17)5-3-11)15(18)14-8-10-9-19-7-6-13(10)20-14/h8,11H,2-7,9H2,1H3. The van der Waals surface area contributed by atoms with Crippen molar-refractivity contribution in [3.63, 3.8) is 0 Å². The maximum atomic E-state index is 12.6. The molecule has 0 saturated heterocycles. The first-order chi connectivity index (χ1) is 9.65. The fourth-order valence-electron chi connectivity index (χ4n) is 2.90. The van der Waals surface area contributed by atoms with Crippen molar-refractivity contribution in [3.05, 3.63) is 21.4 Å². The molecule has 1 aromatic heterocycles. The second kappa shape index (κ2) is 5.90. The normalized spacial score (nSPS) is 19.8. The Morgan fingerprint density at radius 3 is 2.75 bits per heavy atom. The third-order valence-corrected chi connectivity index (χ3v) is 6.45. The number of carbonyl (C=O) groups excluding carboxylic acids is 2. The highest BCUT2D eigenvalue weighted by atomic mass is 32.2. The molecule has 1 aromatic rings. The van der Waals surface area contributed by atoms with Crippen LogP contribution in [0.1, 0.15) is 45.8 Å². The smallest absolute Gasteiger partial charge is 0.263 e. The topological polar surface area (TPSA) is 37.4 Å². The Morgan fingerprint density at radius 2 is 2.05 bits per heavy atom. The minimum absolute atomic E-state index is 0.133. The Bertz CT molecular complexity index is 504. The molecule has 0 N–H and O–H groups in total. The number of nitrogens with zero attached hydrogens (tertiary/aromatic N) is 1. The number of aryl methyl sites for hydroxylation is 1. The SMILES string of the molecule is CN(C(=O)c1cc2c(s1)CCSC2)C1CCC(=O)CC1. The molecule has 0 bridgehead atoms. The Hall–Kier alpha value is -0.810. The average molecular weight is 309 g/mol. The van der Waals surface area contributed by atoms with Crippen LogP contribution in [0.2, 0.25) is 0 Å². The van der Waals surface area contributed by atoms with Gasteiger partial charge in [0.1, 0.15) is 5.78 Å². The summed E-state index contributed by atoms with van der Waals surface area (Å²) in [5.74, 6) is 2.68. The highest BCUT2D eigenvalue weighted by molar-refractivity contribution is 7.98. The summed E-state index contributed by atoms with van der Waals surface area (Å²) in [5.41, 5.74) is 1.35. The quantitative estimate of drug-likeness (QED) is 0.842. The minimum Gasteiger partial charge on any atom is -0.338 e. The molecule has 0 spiro atoms. The molecule has 1 amide bonds. The predicted molar refractivity (Wildman–Crippen MR) is 83.5 cm³/mol. The molecule has 108 valence electrons. The van der Waals surface area contributed by atoms with Crippen molar-refractivity contribution in [2.75, 3.05) is 12.8 Å². The van der Waals surface area contributed by atoms with E-state index in [1.54, 1.807) is 11.3 Å². The summed E-state index contributed by atoms with van der Waals surface area (Å²) in [5, 5.41) is 0. The number of hydrogen-bond acceptors (Lipinski definition) is 4. The van der Waals surface area contributed by atoms with Crippen LogP contribution in [-0.4, -0.2) is 35.4 Å². The van der Waals surface area contributed by atoms with E-state index in [1.165, 1.54) is 16.2 Å². The molecule has 0 unspecified atom stereocenters. The number of carbonyl (C=O) groups is 2. The van der Waals surface area contributed by atoms with Crippen LogP contribution < -0.4 is 0 Å². The molecule has 5 heteroatoms. The van der Waals surface area contributed by atoms with Gasteiger partial charge in [-0.1, -0.05) is 0 Å². The summed E-state index contributed by atoms with van der Waals surface area (Å²) in [6.07, 6.45) is 3.99. The van der Waals surface area contributed by atoms with Gasteiger partial charge in [0.05, 0.1) is 4.88 Å². The fraction of sp³-hybridized carbons (Fsp3) is 0.600. The number of thioether (sulfide) groups is 1. The Morgan fingerprint density at radius 1 is 1.30 bits per heavy atom. The van der Waals surface area contributed by atoms with Crippen molar-refractivity contribution >= 4 is 34.8 Å². The van der Waals surface area contributed by atoms with Gasteiger partial charge >= 0.3 is 0 Å². The van der Waals surface area contributed by atoms with Gasteiger partial charge in [0.25, 0.3) is 5.91 Å². The highest BCUT2D eigenvalue weighted by Gasteiger charge is 2.27. The maximum absolute atomic E-state index is 12.6. The lowest BCUT2D eigenvalue weighted by Gasteiger charge is -2.30. The van der Waals surface area contributed by atoms with Crippen LogP contribution in [0.15, 0.2) is 6.07 Å². The lowest BCUT2D eigenvalue weighted by molar-refractivity contribution is -0.121. The summed E-state index contributed by atoms with van der Waals surface area (Å²) in [7, 11) is 1.89. The van der Waals surface area contributed by atoms with Crippen molar-refractivity contribution < 1.29 is 9.59 Å². The van der Waals surface area contributed by atoms with E-state index < -0.39 is 0 Å². The van der Waals surface area contributed by atoms with E-state index in [1.807, 2.05) is 23.7 Å². The summed E-state index contributed by atoms with van der Waals surface area (Å²) in [4.78, 5) is 28.0. The second-order valence-corrected chi connectivity index (χ2v) is 7.79. The lowest BCUT2D eigenvalue weighted by Crippen LogP contribution is -2.39. The van der Waals surface area contributed by atoms with Gasteiger partial charge in [0.2, 0.25) is 0 Å². The molecule has 1 saturated carbocycles. The van der Waals surface area contributed by atoms with E-state index in [-0.39, 0.29) is 11.9 Å². The summed E-state index contributed by atoms with van der Waals surface area (Å²) in [6, 6.07) is 2.31. The van der Waals surface area contributed by atoms with E-state index in [0.29, 0.717) is 18.6 Å². The average Bonchev–Trinajstić information content (AvgIpc) is 2.90. The van der Waals surface area contributed by atoms with Gasteiger partial charge < -0.3 is 4.90 Å². The first-order valence-electron chi connectivity index (χ1n) is 7.13. The van der Waals surface area contributed by atoms with Gasteiger partial charge in [-0.2, -0.15) is 11.8 Å². The lowest BCUT2D eigenvalue weighted by atomic mass is 9.93. The maximum Gasteiger partial charge on any atom is 0.263 e. The van der Waals surface area contributed by atoms with Crippen LogP contribution in [0, 0.1) is 0 Å². The molecule has 0 radical (unpaired) electrons. The molecule has 2 aliphatic rings. The molecule has 1 fully saturated rings. The van der Waals surface area contributed by atoms with Gasteiger partial charge in [-0.3, -0.25) is 9.59 Å². The molecule has 0 aromatic carbocycles. The van der Waals surface area contributed by atoms with Gasteiger partial charge in [0, 0.05) is 36.6 Å². The van der Waals surface area contributed by atoms with Gasteiger partial charge in [0.15, 0.2) is 0 Å². The monoisotopic (exact) mass is 309 g/mol. The van der Waals surface area contributed by atoms with E-state index in [9.17, 15) is 9.59 Å². The third kappa shape index (κ3) is 2.79. The molecule has 0 atom stereocenters. The number of amides is 1. The van der Waals surface area contributed by atoms with E-state index in [0.717, 1.165) is 29.9 Å². The van der Waals surface area contributed by atoms with Crippen LogP contribution in [-0.2, 0) is 17.0 Å². The van der Waals surface area contributed by atoms with Gasteiger partial charge in [-0.15, -0.1) is 11.3 Å². The van der Waals surface area contributed by atoms with Crippen molar-refractivity contribution in [3.8, 4) is 0 Å². The molecule has 2 heterocycles. The third-order valence-electron chi connectivity index (χ3n) is 4.22. The zero-order valence-electron chi connectivity index (χ0n) is 11.7.